The first-order chi connectivity index (χ1) is 10.6. The third kappa shape index (κ3) is 4.56. The van der Waals surface area contributed by atoms with Crippen LogP contribution in [0.3, 0.4) is 0 Å². The molecule has 0 saturated heterocycles. The van der Waals surface area contributed by atoms with Gasteiger partial charge in [0.15, 0.2) is 5.76 Å². The highest BCUT2D eigenvalue weighted by Gasteiger charge is 2.12. The number of hydrogen-bond donors (Lipinski definition) is 2. The second-order valence-corrected chi connectivity index (χ2v) is 4.77. The number of aromatic nitrogens is 1. The van der Waals surface area contributed by atoms with Gasteiger partial charge in [-0.15, -0.1) is 0 Å². The normalized spacial score (nSPS) is 12.0. The van der Waals surface area contributed by atoms with Gasteiger partial charge in [-0.25, -0.2) is 4.39 Å². The lowest BCUT2D eigenvalue weighted by molar-refractivity contribution is -0.122. The number of carbonyl (C=O) groups is 1. The molecule has 1 heterocycles. The standard InChI is InChI=1S/C15H18FN3O3/c1-10(15(20)17-2)18-8-13-7-14(19-22-13)21-9-11-4-3-5-12(16)6-11/h3-7,10,18H,8-9H2,1-2H3,(H,17,20)/t10-/m0/s1. The average molecular weight is 307 g/mol. The molecule has 2 aromatic rings. The van der Waals surface area contributed by atoms with Gasteiger partial charge < -0.3 is 14.6 Å². The van der Waals surface area contributed by atoms with Gasteiger partial charge in [0, 0.05) is 13.1 Å². The first kappa shape index (κ1) is 16.0. The summed E-state index contributed by atoms with van der Waals surface area (Å²) in [6.07, 6.45) is 0. The molecule has 6 nitrogen and oxygen atoms in total. The maximum absolute atomic E-state index is 13.0. The van der Waals surface area contributed by atoms with Crippen molar-refractivity contribution in [3.63, 3.8) is 0 Å². The summed E-state index contributed by atoms with van der Waals surface area (Å²) in [5, 5.41) is 9.30. The predicted octanol–water partition coefficient (Wildman–Crippen LogP) is 1.62. The van der Waals surface area contributed by atoms with E-state index in [1.807, 2.05) is 0 Å². The number of nitrogens with one attached hydrogen (secondary N) is 2. The van der Waals surface area contributed by atoms with Crippen LogP contribution in [0.2, 0.25) is 0 Å². The number of ether oxygens (including phenoxy) is 1. The number of nitrogens with zero attached hydrogens (tertiary/aromatic N) is 1. The summed E-state index contributed by atoms with van der Waals surface area (Å²) in [6.45, 7) is 2.30. The van der Waals surface area contributed by atoms with Crippen LogP contribution in [0.15, 0.2) is 34.9 Å². The molecule has 0 fully saturated rings. The van der Waals surface area contributed by atoms with Crippen molar-refractivity contribution >= 4 is 5.91 Å². The Morgan fingerprint density at radius 1 is 1.45 bits per heavy atom. The highest BCUT2D eigenvalue weighted by atomic mass is 19.1. The number of halogens is 1. The molecule has 0 bridgehead atoms. The van der Waals surface area contributed by atoms with Crippen LogP contribution in [0.25, 0.3) is 0 Å². The summed E-state index contributed by atoms with van der Waals surface area (Å²) >= 11 is 0. The minimum Gasteiger partial charge on any atom is -0.471 e. The Hall–Kier alpha value is -2.41. The third-order valence-electron chi connectivity index (χ3n) is 3.04. The van der Waals surface area contributed by atoms with Gasteiger partial charge in [-0.2, -0.15) is 0 Å². The molecular formula is C15H18FN3O3. The van der Waals surface area contributed by atoms with E-state index < -0.39 is 0 Å². The number of likely N-dealkylation sites (N-methyl/N-ethyl adjacent to an activating group) is 1. The molecule has 1 amide bonds. The van der Waals surface area contributed by atoms with E-state index in [1.54, 1.807) is 32.2 Å². The fraction of sp³-hybridized carbons (Fsp3) is 0.333. The van der Waals surface area contributed by atoms with E-state index in [0.717, 1.165) is 0 Å². The number of carbonyl (C=O) groups excluding carboxylic acids is 1. The minimum absolute atomic E-state index is 0.109. The van der Waals surface area contributed by atoms with Crippen molar-refractivity contribution in [2.75, 3.05) is 7.05 Å². The zero-order valence-electron chi connectivity index (χ0n) is 12.4. The van der Waals surface area contributed by atoms with Crippen molar-refractivity contribution < 1.29 is 18.4 Å². The van der Waals surface area contributed by atoms with Crippen LogP contribution in [0.4, 0.5) is 4.39 Å². The molecular weight excluding hydrogens is 289 g/mol. The van der Waals surface area contributed by atoms with Crippen LogP contribution in [0.1, 0.15) is 18.2 Å². The molecule has 0 saturated carbocycles. The molecule has 2 N–H and O–H groups in total. The first-order valence-corrected chi connectivity index (χ1v) is 6.86. The van der Waals surface area contributed by atoms with Crippen molar-refractivity contribution in [1.82, 2.24) is 15.8 Å². The third-order valence-corrected chi connectivity index (χ3v) is 3.04. The summed E-state index contributed by atoms with van der Waals surface area (Å²) < 4.78 is 23.6. The van der Waals surface area contributed by atoms with Gasteiger partial charge in [-0.1, -0.05) is 12.1 Å². The van der Waals surface area contributed by atoms with Crippen molar-refractivity contribution in [2.45, 2.75) is 26.1 Å². The van der Waals surface area contributed by atoms with Gasteiger partial charge in [-0.3, -0.25) is 10.1 Å². The van der Waals surface area contributed by atoms with Crippen LogP contribution < -0.4 is 15.4 Å². The van der Waals surface area contributed by atoms with E-state index in [9.17, 15) is 9.18 Å². The van der Waals surface area contributed by atoms with Crippen LogP contribution in [0, 0.1) is 5.82 Å². The Morgan fingerprint density at radius 3 is 3.00 bits per heavy atom. The summed E-state index contributed by atoms with van der Waals surface area (Å²) in [5.74, 6) is 0.440. The number of amides is 1. The molecule has 7 heteroatoms. The van der Waals surface area contributed by atoms with E-state index >= 15 is 0 Å². The quantitative estimate of drug-likeness (QED) is 0.813. The molecule has 1 aromatic heterocycles. The summed E-state index contributed by atoms with van der Waals surface area (Å²) in [6, 6.07) is 7.43. The molecule has 1 atom stereocenters. The van der Waals surface area contributed by atoms with Gasteiger partial charge in [0.25, 0.3) is 5.88 Å². The van der Waals surface area contributed by atoms with Crippen molar-refractivity contribution in [3.8, 4) is 5.88 Å². The Labute approximate surface area is 127 Å². The van der Waals surface area contributed by atoms with Crippen molar-refractivity contribution in [1.29, 1.82) is 0 Å². The smallest absolute Gasteiger partial charge is 0.254 e. The van der Waals surface area contributed by atoms with Crippen LogP contribution >= 0.6 is 0 Å². The molecule has 118 valence electrons. The van der Waals surface area contributed by atoms with Crippen molar-refractivity contribution in [2.24, 2.45) is 0 Å². The van der Waals surface area contributed by atoms with E-state index in [2.05, 4.69) is 15.8 Å². The van der Waals surface area contributed by atoms with Gasteiger partial charge >= 0.3 is 0 Å². The fourth-order valence-corrected chi connectivity index (χ4v) is 1.79. The van der Waals surface area contributed by atoms with Crippen LogP contribution in [-0.2, 0) is 17.9 Å². The monoisotopic (exact) mass is 307 g/mol. The number of hydrogen-bond acceptors (Lipinski definition) is 5. The highest BCUT2D eigenvalue weighted by molar-refractivity contribution is 5.80. The lowest BCUT2D eigenvalue weighted by atomic mass is 10.2. The lowest BCUT2D eigenvalue weighted by Crippen LogP contribution is -2.40. The maximum Gasteiger partial charge on any atom is 0.254 e. The predicted molar refractivity (Wildman–Crippen MR) is 77.6 cm³/mol. The zero-order valence-corrected chi connectivity index (χ0v) is 12.4. The fourth-order valence-electron chi connectivity index (χ4n) is 1.79. The van der Waals surface area contributed by atoms with E-state index in [1.165, 1.54) is 12.1 Å². The van der Waals surface area contributed by atoms with Gasteiger partial charge in [0.2, 0.25) is 5.91 Å². The number of benzene rings is 1. The highest BCUT2D eigenvalue weighted by Crippen LogP contribution is 2.14. The van der Waals surface area contributed by atoms with Crippen LogP contribution in [-0.4, -0.2) is 24.2 Å². The van der Waals surface area contributed by atoms with Crippen LogP contribution in [0.5, 0.6) is 5.88 Å². The molecule has 0 aliphatic carbocycles. The minimum atomic E-state index is -0.341. The molecule has 0 aliphatic rings. The number of rotatable bonds is 7. The van der Waals surface area contributed by atoms with E-state index in [-0.39, 0.29) is 24.4 Å². The topological polar surface area (TPSA) is 76.4 Å². The van der Waals surface area contributed by atoms with E-state index in [0.29, 0.717) is 23.7 Å². The Kier molecular flexibility index (Phi) is 5.48. The molecule has 2 rings (SSSR count). The zero-order chi connectivity index (χ0) is 15.9. The molecule has 0 spiro atoms. The van der Waals surface area contributed by atoms with Gasteiger partial charge in [0.05, 0.1) is 12.6 Å². The molecule has 1 aromatic carbocycles. The lowest BCUT2D eigenvalue weighted by Gasteiger charge is -2.09. The van der Waals surface area contributed by atoms with Gasteiger partial charge in [0.1, 0.15) is 12.4 Å². The first-order valence-electron chi connectivity index (χ1n) is 6.86. The molecule has 0 aliphatic heterocycles. The molecule has 0 radical (unpaired) electrons. The maximum atomic E-state index is 13.0. The molecule has 22 heavy (non-hydrogen) atoms. The second kappa shape index (κ2) is 7.56. The Morgan fingerprint density at radius 2 is 2.27 bits per heavy atom. The molecule has 0 unspecified atom stereocenters. The SMILES string of the molecule is CNC(=O)[C@H](C)NCc1cc(OCc2cccc(F)c2)no1. The van der Waals surface area contributed by atoms with Gasteiger partial charge in [-0.05, 0) is 29.8 Å². The Bertz CT molecular complexity index is 630. The largest absolute Gasteiger partial charge is 0.471 e. The summed E-state index contributed by atoms with van der Waals surface area (Å²) in [7, 11) is 1.58. The van der Waals surface area contributed by atoms with Crippen molar-refractivity contribution in [3.05, 3.63) is 47.5 Å². The average Bonchev–Trinajstić information content (AvgIpc) is 2.98. The Balaban J connectivity index is 1.82. The van der Waals surface area contributed by atoms with E-state index in [4.69, 9.17) is 9.26 Å². The summed E-state index contributed by atoms with van der Waals surface area (Å²) in [4.78, 5) is 11.3. The summed E-state index contributed by atoms with van der Waals surface area (Å²) in [5.41, 5.74) is 0.705. The second-order valence-electron chi connectivity index (χ2n) is 4.77.